The minimum absolute atomic E-state index is 0.124. The van der Waals surface area contributed by atoms with E-state index >= 15 is 0 Å². The first-order valence-electron chi connectivity index (χ1n) is 9.23. The van der Waals surface area contributed by atoms with Gasteiger partial charge in [0.1, 0.15) is 6.61 Å². The number of carbonyl (C=O) groups excluding carboxylic acids is 2. The standard InChI is InChI=1S/C22H25NO3/c1-17(9-8-14-18-10-4-2-5-11-18)21(24)23-20(16-26-22(23)25)15-19-12-6-3-7-13-19/h2-7,10-13,17,20H,8-9,14-16H2,1H3/t17-,20?/m0/s1. The summed E-state index contributed by atoms with van der Waals surface area (Å²) >= 11 is 0. The van der Waals surface area contributed by atoms with Crippen LogP contribution in [-0.4, -0.2) is 29.5 Å². The molecule has 1 fully saturated rings. The molecule has 136 valence electrons. The third-order valence-electron chi connectivity index (χ3n) is 4.88. The van der Waals surface area contributed by atoms with E-state index in [1.165, 1.54) is 10.5 Å². The lowest BCUT2D eigenvalue weighted by atomic mass is 9.98. The van der Waals surface area contributed by atoms with Crippen LogP contribution < -0.4 is 0 Å². The molecule has 1 aliphatic heterocycles. The largest absolute Gasteiger partial charge is 0.447 e. The van der Waals surface area contributed by atoms with Gasteiger partial charge in [-0.15, -0.1) is 0 Å². The molecule has 2 aromatic rings. The monoisotopic (exact) mass is 351 g/mol. The number of ether oxygens (including phenoxy) is 1. The Morgan fingerprint density at radius 2 is 1.69 bits per heavy atom. The van der Waals surface area contributed by atoms with Gasteiger partial charge in [-0.1, -0.05) is 67.6 Å². The Morgan fingerprint density at radius 3 is 2.35 bits per heavy atom. The molecule has 1 heterocycles. The highest BCUT2D eigenvalue weighted by atomic mass is 16.6. The predicted octanol–water partition coefficient (Wildman–Crippen LogP) is 4.24. The van der Waals surface area contributed by atoms with Gasteiger partial charge in [-0.3, -0.25) is 4.79 Å². The molecule has 3 rings (SSSR count). The van der Waals surface area contributed by atoms with Crippen molar-refractivity contribution < 1.29 is 14.3 Å². The van der Waals surface area contributed by atoms with Crippen LogP contribution in [0.15, 0.2) is 60.7 Å². The minimum atomic E-state index is -0.508. The van der Waals surface area contributed by atoms with Crippen LogP contribution in [0.4, 0.5) is 4.79 Å². The summed E-state index contributed by atoms with van der Waals surface area (Å²) < 4.78 is 5.16. The van der Waals surface area contributed by atoms with Crippen molar-refractivity contribution in [3.05, 3.63) is 71.8 Å². The van der Waals surface area contributed by atoms with Gasteiger partial charge in [0.2, 0.25) is 5.91 Å². The van der Waals surface area contributed by atoms with E-state index in [4.69, 9.17) is 4.74 Å². The van der Waals surface area contributed by atoms with Crippen molar-refractivity contribution in [2.45, 2.75) is 38.6 Å². The average molecular weight is 351 g/mol. The van der Waals surface area contributed by atoms with Crippen molar-refractivity contribution in [2.24, 2.45) is 5.92 Å². The fourth-order valence-corrected chi connectivity index (χ4v) is 3.38. The first kappa shape index (κ1) is 18.2. The van der Waals surface area contributed by atoms with E-state index in [-0.39, 0.29) is 24.5 Å². The summed E-state index contributed by atoms with van der Waals surface area (Å²) in [6.07, 6.45) is 2.75. The number of hydrogen-bond acceptors (Lipinski definition) is 3. The molecule has 1 saturated heterocycles. The molecule has 0 aromatic heterocycles. The topological polar surface area (TPSA) is 46.6 Å². The Kier molecular flexibility index (Phi) is 6.05. The van der Waals surface area contributed by atoms with Crippen molar-refractivity contribution in [1.29, 1.82) is 0 Å². The molecule has 2 atom stereocenters. The number of amides is 2. The highest BCUT2D eigenvalue weighted by molar-refractivity contribution is 5.94. The molecular weight excluding hydrogens is 326 g/mol. The fraction of sp³-hybridized carbons (Fsp3) is 0.364. The average Bonchev–Trinajstić information content (AvgIpc) is 3.03. The predicted molar refractivity (Wildman–Crippen MR) is 101 cm³/mol. The van der Waals surface area contributed by atoms with E-state index in [0.717, 1.165) is 24.8 Å². The summed E-state index contributed by atoms with van der Waals surface area (Å²) in [6.45, 7) is 2.18. The number of imide groups is 1. The van der Waals surface area contributed by atoms with E-state index in [1.54, 1.807) is 0 Å². The second-order valence-electron chi connectivity index (χ2n) is 6.91. The Bertz CT molecular complexity index is 730. The maximum atomic E-state index is 12.8. The normalized spacial score (nSPS) is 17.8. The molecule has 0 saturated carbocycles. The number of carbonyl (C=O) groups is 2. The number of nitrogens with zero attached hydrogens (tertiary/aromatic N) is 1. The van der Waals surface area contributed by atoms with Crippen LogP contribution in [0.3, 0.4) is 0 Å². The summed E-state index contributed by atoms with van der Waals surface area (Å²) in [4.78, 5) is 26.3. The second kappa shape index (κ2) is 8.65. The lowest BCUT2D eigenvalue weighted by molar-refractivity contribution is -0.133. The molecule has 1 aliphatic rings. The molecule has 0 radical (unpaired) electrons. The molecule has 26 heavy (non-hydrogen) atoms. The Balaban J connectivity index is 1.56. The van der Waals surface area contributed by atoms with Gasteiger partial charge >= 0.3 is 6.09 Å². The summed E-state index contributed by atoms with van der Waals surface area (Å²) in [5, 5.41) is 0. The van der Waals surface area contributed by atoms with Gasteiger partial charge in [-0.05, 0) is 36.8 Å². The maximum absolute atomic E-state index is 12.8. The van der Waals surface area contributed by atoms with Gasteiger partial charge < -0.3 is 4.74 Å². The van der Waals surface area contributed by atoms with Gasteiger partial charge in [0.15, 0.2) is 0 Å². The van der Waals surface area contributed by atoms with Crippen LogP contribution in [0, 0.1) is 5.92 Å². The second-order valence-corrected chi connectivity index (χ2v) is 6.91. The molecule has 0 spiro atoms. The van der Waals surface area contributed by atoms with Crippen LogP contribution in [-0.2, 0) is 22.4 Å². The highest BCUT2D eigenvalue weighted by Gasteiger charge is 2.39. The molecule has 0 aliphatic carbocycles. The van der Waals surface area contributed by atoms with E-state index < -0.39 is 6.09 Å². The summed E-state index contributed by atoms with van der Waals surface area (Å²) in [5.41, 5.74) is 2.38. The molecule has 2 aromatic carbocycles. The van der Waals surface area contributed by atoms with Crippen molar-refractivity contribution >= 4 is 12.0 Å². The van der Waals surface area contributed by atoms with Crippen LogP contribution in [0.5, 0.6) is 0 Å². The number of aryl methyl sites for hydroxylation is 1. The molecule has 4 heteroatoms. The number of cyclic esters (lactones) is 1. The van der Waals surface area contributed by atoms with E-state index in [9.17, 15) is 9.59 Å². The zero-order valence-electron chi connectivity index (χ0n) is 15.1. The van der Waals surface area contributed by atoms with Crippen LogP contribution >= 0.6 is 0 Å². The first-order valence-corrected chi connectivity index (χ1v) is 9.23. The minimum Gasteiger partial charge on any atom is -0.447 e. The van der Waals surface area contributed by atoms with Gasteiger partial charge in [-0.25, -0.2) is 9.69 Å². The molecule has 0 bridgehead atoms. The summed E-state index contributed by atoms with van der Waals surface area (Å²) in [7, 11) is 0. The van der Waals surface area contributed by atoms with Crippen LogP contribution in [0.25, 0.3) is 0 Å². The quantitative estimate of drug-likeness (QED) is 0.750. The Labute approximate surface area is 154 Å². The number of benzene rings is 2. The molecular formula is C22H25NO3. The smallest absolute Gasteiger partial charge is 0.416 e. The van der Waals surface area contributed by atoms with Crippen molar-refractivity contribution in [2.75, 3.05) is 6.61 Å². The summed E-state index contributed by atoms with van der Waals surface area (Å²) in [6, 6.07) is 19.9. The lowest BCUT2D eigenvalue weighted by Crippen LogP contribution is -2.43. The van der Waals surface area contributed by atoms with Crippen molar-refractivity contribution in [1.82, 2.24) is 4.90 Å². The SMILES string of the molecule is C[C@@H](CCCc1ccccc1)C(=O)N1C(=O)OCC1Cc1ccccc1. The maximum Gasteiger partial charge on any atom is 0.416 e. The third-order valence-corrected chi connectivity index (χ3v) is 4.88. The number of hydrogen-bond donors (Lipinski definition) is 0. The lowest BCUT2D eigenvalue weighted by Gasteiger charge is -2.23. The molecule has 0 N–H and O–H groups in total. The Morgan fingerprint density at radius 1 is 1.08 bits per heavy atom. The molecule has 4 nitrogen and oxygen atoms in total. The zero-order chi connectivity index (χ0) is 18.4. The van der Waals surface area contributed by atoms with E-state index in [2.05, 4.69) is 12.1 Å². The zero-order valence-corrected chi connectivity index (χ0v) is 15.1. The van der Waals surface area contributed by atoms with E-state index in [1.807, 2.05) is 55.5 Å². The van der Waals surface area contributed by atoms with Gasteiger partial charge in [0.25, 0.3) is 0 Å². The highest BCUT2D eigenvalue weighted by Crippen LogP contribution is 2.22. The van der Waals surface area contributed by atoms with Crippen molar-refractivity contribution in [3.63, 3.8) is 0 Å². The van der Waals surface area contributed by atoms with E-state index in [0.29, 0.717) is 6.42 Å². The van der Waals surface area contributed by atoms with Crippen LogP contribution in [0.2, 0.25) is 0 Å². The van der Waals surface area contributed by atoms with Gasteiger partial charge in [-0.2, -0.15) is 0 Å². The first-order chi connectivity index (χ1) is 12.6. The van der Waals surface area contributed by atoms with Gasteiger partial charge in [0, 0.05) is 5.92 Å². The van der Waals surface area contributed by atoms with Crippen molar-refractivity contribution in [3.8, 4) is 0 Å². The summed E-state index contributed by atoms with van der Waals surface area (Å²) in [5.74, 6) is -0.316. The number of rotatable bonds is 7. The molecule has 2 amide bonds. The van der Waals surface area contributed by atoms with Crippen LogP contribution in [0.1, 0.15) is 30.9 Å². The van der Waals surface area contributed by atoms with Gasteiger partial charge in [0.05, 0.1) is 6.04 Å². The molecule has 1 unspecified atom stereocenters. The Hall–Kier alpha value is -2.62. The third kappa shape index (κ3) is 4.51. The fourth-order valence-electron chi connectivity index (χ4n) is 3.38.